The van der Waals surface area contributed by atoms with E-state index in [2.05, 4.69) is 10.6 Å². The summed E-state index contributed by atoms with van der Waals surface area (Å²) in [4.78, 5) is 26.7. The van der Waals surface area contributed by atoms with Gasteiger partial charge in [-0.05, 0) is 55.0 Å². The zero-order chi connectivity index (χ0) is 20.6. The third-order valence-corrected chi connectivity index (χ3v) is 5.49. The third-order valence-electron chi connectivity index (χ3n) is 5.49. The van der Waals surface area contributed by atoms with Gasteiger partial charge in [-0.25, -0.2) is 9.18 Å². The number of amides is 3. The van der Waals surface area contributed by atoms with E-state index >= 15 is 0 Å². The van der Waals surface area contributed by atoms with Crippen molar-refractivity contribution in [3.63, 3.8) is 0 Å². The summed E-state index contributed by atoms with van der Waals surface area (Å²) in [5.74, 6) is -0.0292. The van der Waals surface area contributed by atoms with Crippen LogP contribution in [0.2, 0.25) is 0 Å². The lowest BCUT2D eigenvalue weighted by atomic mass is 9.94. The monoisotopic (exact) mass is 397 g/mol. The molecule has 1 atom stereocenters. The molecule has 29 heavy (non-hydrogen) atoms. The van der Waals surface area contributed by atoms with Gasteiger partial charge in [0.2, 0.25) is 5.91 Å². The van der Waals surface area contributed by atoms with Crippen LogP contribution in [-0.2, 0) is 4.79 Å². The van der Waals surface area contributed by atoms with E-state index < -0.39 is 0 Å². The number of carbonyl (C=O) groups is 2. The first kappa shape index (κ1) is 20.8. The average molecular weight is 397 g/mol. The predicted octanol–water partition coefficient (Wildman–Crippen LogP) is 4.38. The summed E-state index contributed by atoms with van der Waals surface area (Å²) < 4.78 is 13.0. The van der Waals surface area contributed by atoms with Crippen molar-refractivity contribution in [2.75, 3.05) is 25.0 Å². The van der Waals surface area contributed by atoms with Crippen LogP contribution in [0.1, 0.15) is 37.7 Å². The molecule has 2 aromatic rings. The molecular formula is C23H28FN3O2. The fraction of sp³-hybridized carbons (Fsp3) is 0.391. The number of halogens is 1. The molecule has 3 amide bonds. The average Bonchev–Trinajstić information content (AvgIpc) is 2.75. The minimum absolute atomic E-state index is 0.0650. The second kappa shape index (κ2) is 10.0. The Hall–Kier alpha value is -2.89. The number of anilines is 1. The zero-order valence-corrected chi connectivity index (χ0v) is 16.7. The van der Waals surface area contributed by atoms with Crippen molar-refractivity contribution < 1.29 is 14.0 Å². The number of hydrogen-bond acceptors (Lipinski definition) is 2. The van der Waals surface area contributed by atoms with E-state index in [9.17, 15) is 14.0 Å². The summed E-state index contributed by atoms with van der Waals surface area (Å²) in [6.45, 7) is 3.94. The van der Waals surface area contributed by atoms with Crippen LogP contribution in [0.5, 0.6) is 0 Å². The molecule has 1 unspecified atom stereocenters. The highest BCUT2D eigenvalue weighted by Gasteiger charge is 2.24. The van der Waals surface area contributed by atoms with Crippen molar-refractivity contribution >= 4 is 17.6 Å². The Labute approximate surface area is 171 Å². The molecule has 1 saturated heterocycles. The van der Waals surface area contributed by atoms with Crippen LogP contribution >= 0.6 is 0 Å². The molecular weight excluding hydrogens is 369 g/mol. The summed E-state index contributed by atoms with van der Waals surface area (Å²) in [7, 11) is 0. The molecule has 2 N–H and O–H groups in total. The Morgan fingerprint density at radius 3 is 2.34 bits per heavy atom. The molecule has 1 fully saturated rings. The maximum Gasteiger partial charge on any atom is 0.321 e. The predicted molar refractivity (Wildman–Crippen MR) is 112 cm³/mol. The van der Waals surface area contributed by atoms with Gasteiger partial charge in [0.1, 0.15) is 5.82 Å². The number of rotatable bonds is 6. The molecule has 3 rings (SSSR count). The maximum absolute atomic E-state index is 13.0. The summed E-state index contributed by atoms with van der Waals surface area (Å²) in [6.07, 6.45) is 2.45. The molecule has 6 heteroatoms. The first-order valence-electron chi connectivity index (χ1n) is 10.2. The van der Waals surface area contributed by atoms with Gasteiger partial charge in [0, 0.05) is 25.3 Å². The van der Waals surface area contributed by atoms with Crippen LogP contribution in [0, 0.1) is 11.7 Å². The topological polar surface area (TPSA) is 61.4 Å². The lowest BCUT2D eigenvalue weighted by Gasteiger charge is -2.32. The van der Waals surface area contributed by atoms with E-state index in [0.717, 1.165) is 24.8 Å². The number of hydrogen-bond donors (Lipinski definition) is 2. The molecule has 0 radical (unpaired) electrons. The van der Waals surface area contributed by atoms with Gasteiger partial charge in [0.15, 0.2) is 0 Å². The molecule has 1 heterocycles. The number of likely N-dealkylation sites (tertiary alicyclic amines) is 1. The van der Waals surface area contributed by atoms with Crippen LogP contribution in [0.15, 0.2) is 54.6 Å². The molecule has 0 saturated carbocycles. The molecule has 0 spiro atoms. The van der Waals surface area contributed by atoms with E-state index in [1.807, 2.05) is 37.3 Å². The van der Waals surface area contributed by atoms with Gasteiger partial charge in [-0.3, -0.25) is 4.79 Å². The minimum Gasteiger partial charge on any atom is -0.355 e. The van der Waals surface area contributed by atoms with Gasteiger partial charge < -0.3 is 15.5 Å². The van der Waals surface area contributed by atoms with Crippen molar-refractivity contribution in [1.82, 2.24) is 10.2 Å². The Morgan fingerprint density at radius 1 is 1.07 bits per heavy atom. The molecule has 1 aliphatic rings. The molecule has 0 bridgehead atoms. The quantitative estimate of drug-likeness (QED) is 0.760. The normalized spacial score (nSPS) is 15.6. The number of nitrogens with one attached hydrogen (secondary N) is 2. The minimum atomic E-state index is -0.330. The lowest BCUT2D eigenvalue weighted by molar-refractivity contribution is -0.122. The van der Waals surface area contributed by atoms with Crippen LogP contribution in [0.3, 0.4) is 0 Å². The fourth-order valence-corrected chi connectivity index (χ4v) is 3.70. The van der Waals surface area contributed by atoms with Crippen LogP contribution in [0.4, 0.5) is 14.9 Å². The summed E-state index contributed by atoms with van der Waals surface area (Å²) >= 11 is 0. The SMILES string of the molecule is CCC(C(=O)NCC1CCN(C(=O)Nc2ccc(F)cc2)CC1)c1ccccc1. The Kier molecular flexibility index (Phi) is 7.22. The van der Waals surface area contributed by atoms with Gasteiger partial charge in [0.05, 0.1) is 5.92 Å². The van der Waals surface area contributed by atoms with Gasteiger partial charge in [0.25, 0.3) is 0 Å². The van der Waals surface area contributed by atoms with E-state index in [1.54, 1.807) is 17.0 Å². The molecule has 0 aromatic heterocycles. The summed E-state index contributed by atoms with van der Waals surface area (Å²) in [6, 6.07) is 15.4. The first-order chi connectivity index (χ1) is 14.1. The zero-order valence-electron chi connectivity index (χ0n) is 16.7. The second-order valence-electron chi connectivity index (χ2n) is 7.48. The third kappa shape index (κ3) is 5.79. The standard InChI is InChI=1S/C23H28FN3O2/c1-2-21(18-6-4-3-5-7-18)22(28)25-16-17-12-14-27(15-13-17)23(29)26-20-10-8-19(24)9-11-20/h3-11,17,21H,2,12-16H2,1H3,(H,25,28)(H,26,29). The van der Waals surface area contributed by atoms with Crippen molar-refractivity contribution in [1.29, 1.82) is 0 Å². The first-order valence-corrected chi connectivity index (χ1v) is 10.2. The molecule has 5 nitrogen and oxygen atoms in total. The van der Waals surface area contributed by atoms with Crippen LogP contribution in [-0.4, -0.2) is 36.5 Å². The van der Waals surface area contributed by atoms with E-state index in [4.69, 9.17) is 0 Å². The smallest absolute Gasteiger partial charge is 0.321 e. The van der Waals surface area contributed by atoms with Crippen molar-refractivity contribution in [3.8, 4) is 0 Å². The summed E-state index contributed by atoms with van der Waals surface area (Å²) in [5.41, 5.74) is 1.62. The van der Waals surface area contributed by atoms with Gasteiger partial charge in [-0.15, -0.1) is 0 Å². The fourth-order valence-electron chi connectivity index (χ4n) is 3.70. The maximum atomic E-state index is 13.0. The number of benzene rings is 2. The number of nitrogens with zero attached hydrogens (tertiary/aromatic N) is 1. The van der Waals surface area contributed by atoms with Gasteiger partial charge >= 0.3 is 6.03 Å². The van der Waals surface area contributed by atoms with E-state index in [-0.39, 0.29) is 23.7 Å². The van der Waals surface area contributed by atoms with Crippen molar-refractivity contribution in [2.45, 2.75) is 32.1 Å². The molecule has 154 valence electrons. The number of piperidine rings is 1. The van der Waals surface area contributed by atoms with Crippen LogP contribution < -0.4 is 10.6 Å². The van der Waals surface area contributed by atoms with Gasteiger partial charge in [-0.1, -0.05) is 37.3 Å². The largest absolute Gasteiger partial charge is 0.355 e. The number of urea groups is 1. The Balaban J connectivity index is 1.43. The molecule has 2 aromatic carbocycles. The van der Waals surface area contributed by atoms with E-state index in [0.29, 0.717) is 31.2 Å². The highest BCUT2D eigenvalue weighted by molar-refractivity contribution is 5.89. The Bertz CT molecular complexity index is 803. The number of carbonyl (C=O) groups excluding carboxylic acids is 2. The lowest BCUT2D eigenvalue weighted by Crippen LogP contribution is -2.43. The van der Waals surface area contributed by atoms with E-state index in [1.165, 1.54) is 12.1 Å². The van der Waals surface area contributed by atoms with Crippen molar-refractivity contribution in [3.05, 3.63) is 66.0 Å². The molecule has 1 aliphatic heterocycles. The molecule has 0 aliphatic carbocycles. The highest BCUT2D eigenvalue weighted by Crippen LogP contribution is 2.21. The van der Waals surface area contributed by atoms with Gasteiger partial charge in [-0.2, -0.15) is 0 Å². The second-order valence-corrected chi connectivity index (χ2v) is 7.48. The van der Waals surface area contributed by atoms with Crippen LogP contribution in [0.25, 0.3) is 0 Å². The van der Waals surface area contributed by atoms with Crippen molar-refractivity contribution in [2.24, 2.45) is 5.92 Å². The highest BCUT2D eigenvalue weighted by atomic mass is 19.1. The summed E-state index contributed by atoms with van der Waals surface area (Å²) in [5, 5.41) is 5.89. The Morgan fingerprint density at radius 2 is 1.72 bits per heavy atom.